The van der Waals surface area contributed by atoms with Gasteiger partial charge in [-0.15, -0.1) is 0 Å². The van der Waals surface area contributed by atoms with E-state index in [0.717, 1.165) is 90.7 Å². The maximum atomic E-state index is 14.4. The molecule has 662 valence electrons. The second-order valence-electron chi connectivity index (χ2n) is 32.3. The van der Waals surface area contributed by atoms with Gasteiger partial charge in [-0.25, -0.2) is 24.1 Å². The van der Waals surface area contributed by atoms with E-state index in [1.165, 1.54) is 11.2 Å². The Bertz CT molecular complexity index is 3850. The van der Waals surface area contributed by atoms with Crippen LogP contribution in [0.25, 0.3) is 27.8 Å². The number of nitrogens with one attached hydrogen (secondary N) is 3. The first-order chi connectivity index (χ1) is 57.9. The number of carbonyl (C=O) groups excluding carboxylic acids is 6. The number of alkyl carbamates (subject to hydrolysis) is 1. The molecular weight excluding hydrogens is 1530 g/mol. The number of nitrogens with zero attached hydrogens (tertiary/aromatic N) is 5. The Kier molecular flexibility index (Phi) is 42.2. The number of nitrogen functional groups attached to an aromatic ring is 1. The molecule has 0 radical (unpaired) electrons. The van der Waals surface area contributed by atoms with Crippen LogP contribution in [0.15, 0.2) is 78.2 Å². The quantitative estimate of drug-likeness (QED) is 0.0120. The minimum atomic E-state index is -0.919. The van der Waals surface area contributed by atoms with E-state index in [2.05, 4.69) is 45.6 Å². The van der Waals surface area contributed by atoms with Crippen LogP contribution in [-0.4, -0.2) is 265 Å². The summed E-state index contributed by atoms with van der Waals surface area (Å²) in [4.78, 5) is 96.2. The smallest absolute Gasteiger partial charge is 0.407 e. The zero-order valence-electron chi connectivity index (χ0n) is 71.5. The number of fused-ring (bicyclic) bond motifs is 5. The Hall–Kier alpha value is -7.59. The van der Waals surface area contributed by atoms with Crippen LogP contribution in [0.5, 0.6) is 5.75 Å². The third kappa shape index (κ3) is 32.0. The molecule has 9 atom stereocenters. The van der Waals surface area contributed by atoms with Gasteiger partial charge < -0.3 is 97.7 Å². The average Bonchev–Trinajstić information content (AvgIpc) is 1.60. The summed E-state index contributed by atoms with van der Waals surface area (Å²) in [5.74, 6) is 0.319. The van der Waals surface area contributed by atoms with Crippen molar-refractivity contribution in [3.8, 4) is 17.1 Å². The highest BCUT2D eigenvalue weighted by atomic mass is 16.6. The predicted molar refractivity (Wildman–Crippen MR) is 449 cm³/mol. The zero-order chi connectivity index (χ0) is 84.5. The molecule has 3 aromatic heterocycles. The summed E-state index contributed by atoms with van der Waals surface area (Å²) in [6, 6.07) is 7.00. The van der Waals surface area contributed by atoms with Crippen LogP contribution in [0.3, 0.4) is 0 Å². The summed E-state index contributed by atoms with van der Waals surface area (Å²) in [6.45, 7) is 18.3. The number of nitrogens with two attached hydrogens (primary N) is 1. The molecule has 3 amide bonds. The van der Waals surface area contributed by atoms with E-state index in [9.17, 15) is 33.9 Å². The fraction of sp³-hybridized carbons (Fsp3) is 0.697. The normalized spacial score (nSPS) is 26.6. The second-order valence-corrected chi connectivity index (χ2v) is 32.3. The topological polar surface area (TPSA) is 364 Å². The standard InChI is InChI=1S/C89H135N9O21/c1-61-15-9-8-10-16-63(3)79(107-7)58-72-18-14-21-78(117-72)83(101)87(103)97-36-12-11-19-74(97)88(104)118-70(30-22-62(2)56-65(5)76(100)59-75(99)64(4)55-61)31-23-66-24-32-71(33-25-66)119-89(105)92-35-38-109-40-42-111-44-46-113-48-50-115-52-54-116-53-51-114-49-47-112-45-43-110-41-39-108-37-34-91-86(102)68-28-26-67(27-29-68)85-96-81(82-84(90)93-60-94-98(82)85)73-57-69-17-13-20-77(106-6)80(69)95-73/h8-10,13,15-17,20,56-57,60-62,64,66-68,70-72,74,76,78-79,95,100H,11-12,14,18-19,21-55,58-59H2,1-7H3,(H,91,102)(H,92,105)(H2,90,93,94)/b10-8+,15-9+,63-16+,65-56+/t61-,62+,64-,66?,67?,68?,70+,71?,72?,74+,76+,78?,79+/m1/s1. The van der Waals surface area contributed by atoms with E-state index in [-0.39, 0.29) is 79.1 Å². The predicted octanol–water partition coefficient (Wildman–Crippen LogP) is 11.1. The molecular formula is C89H135N9O21. The van der Waals surface area contributed by atoms with Gasteiger partial charge in [0.25, 0.3) is 5.91 Å². The Morgan fingerprint density at radius 2 is 1.29 bits per heavy atom. The Morgan fingerprint density at radius 3 is 1.92 bits per heavy atom. The van der Waals surface area contributed by atoms with Crippen molar-refractivity contribution in [2.75, 3.05) is 159 Å². The van der Waals surface area contributed by atoms with Crippen molar-refractivity contribution in [3.63, 3.8) is 0 Å². The number of para-hydroxylation sites is 1. The number of H-pyrrole nitrogens is 1. The number of rotatable bonds is 39. The van der Waals surface area contributed by atoms with Gasteiger partial charge in [0, 0.05) is 62.7 Å². The first-order valence-electron chi connectivity index (χ1n) is 43.6. The lowest BCUT2D eigenvalue weighted by molar-refractivity contribution is -0.167. The molecule has 3 aliphatic heterocycles. The fourth-order valence-corrected chi connectivity index (χ4v) is 16.3. The molecule has 4 fully saturated rings. The maximum Gasteiger partial charge on any atom is 0.407 e. The molecule has 5 aliphatic rings. The van der Waals surface area contributed by atoms with Crippen molar-refractivity contribution in [2.24, 2.45) is 29.6 Å². The van der Waals surface area contributed by atoms with Crippen molar-refractivity contribution in [2.45, 2.75) is 218 Å². The molecule has 4 aromatic rings. The molecule has 2 bridgehead atoms. The lowest BCUT2D eigenvalue weighted by atomic mass is 9.81. The van der Waals surface area contributed by atoms with Gasteiger partial charge in [-0.3, -0.25) is 19.2 Å². The molecule has 119 heavy (non-hydrogen) atoms. The molecule has 2 saturated heterocycles. The highest BCUT2D eigenvalue weighted by Crippen LogP contribution is 2.40. The molecule has 1 aromatic carbocycles. The number of imidazole rings is 1. The van der Waals surface area contributed by atoms with Gasteiger partial charge in [-0.1, -0.05) is 69.4 Å². The summed E-state index contributed by atoms with van der Waals surface area (Å²) in [7, 11) is 3.30. The van der Waals surface area contributed by atoms with E-state index in [1.807, 2.05) is 75.4 Å². The summed E-state index contributed by atoms with van der Waals surface area (Å²) in [5, 5.41) is 22.6. The third-order valence-corrected chi connectivity index (χ3v) is 23.2. The number of carbonyl (C=O) groups is 6. The molecule has 9 rings (SSSR count). The summed E-state index contributed by atoms with van der Waals surface area (Å²) >= 11 is 0. The summed E-state index contributed by atoms with van der Waals surface area (Å²) in [5.41, 5.74) is 11.1. The molecule has 6 heterocycles. The number of esters is 1. The zero-order valence-corrected chi connectivity index (χ0v) is 71.5. The van der Waals surface area contributed by atoms with Crippen molar-refractivity contribution >= 4 is 57.7 Å². The first-order valence-corrected chi connectivity index (χ1v) is 43.6. The minimum absolute atomic E-state index is 0.00594. The number of benzene rings is 1. The Balaban J connectivity index is 0.540. The van der Waals surface area contributed by atoms with Gasteiger partial charge >= 0.3 is 12.1 Å². The molecule has 6 N–H and O–H groups in total. The van der Waals surface area contributed by atoms with Crippen LogP contribution >= 0.6 is 0 Å². The molecule has 0 spiro atoms. The molecule has 2 saturated carbocycles. The van der Waals surface area contributed by atoms with Crippen molar-refractivity contribution in [3.05, 3.63) is 84.0 Å². The molecule has 30 nitrogen and oxygen atoms in total. The number of ketones is 2. The van der Waals surface area contributed by atoms with Gasteiger partial charge in [0.05, 0.1) is 156 Å². The highest BCUT2D eigenvalue weighted by molar-refractivity contribution is 6.38. The number of ether oxygens (including phenoxy) is 14. The minimum Gasteiger partial charge on any atom is -0.495 e. The van der Waals surface area contributed by atoms with E-state index < -0.39 is 48.1 Å². The number of hydrogen-bond donors (Lipinski definition) is 5. The van der Waals surface area contributed by atoms with Crippen LogP contribution in [0.1, 0.15) is 181 Å². The van der Waals surface area contributed by atoms with Gasteiger partial charge in [0.1, 0.15) is 59.2 Å². The molecule has 30 heteroatoms. The number of anilines is 1. The number of aromatic amines is 1. The van der Waals surface area contributed by atoms with Crippen LogP contribution in [0.4, 0.5) is 10.6 Å². The Morgan fingerprint density at radius 1 is 0.664 bits per heavy atom. The average molecular weight is 1670 g/mol. The number of cyclic esters (lactones) is 1. The van der Waals surface area contributed by atoms with Crippen molar-refractivity contribution < 1.29 is 100 Å². The third-order valence-electron chi connectivity index (χ3n) is 23.2. The van der Waals surface area contributed by atoms with Crippen molar-refractivity contribution in [1.29, 1.82) is 0 Å². The van der Waals surface area contributed by atoms with Crippen LogP contribution in [0, 0.1) is 29.6 Å². The van der Waals surface area contributed by atoms with Crippen LogP contribution in [0.2, 0.25) is 0 Å². The molecule has 2 unspecified atom stereocenters. The lowest BCUT2D eigenvalue weighted by Gasteiger charge is -2.36. The first kappa shape index (κ1) is 95.2. The van der Waals surface area contributed by atoms with Gasteiger partial charge in [0.2, 0.25) is 11.7 Å². The number of aromatic nitrogens is 5. The molecule has 2 aliphatic carbocycles. The monoisotopic (exact) mass is 1670 g/mol. The number of aliphatic hydroxyl groups is 1. The SMILES string of the molecule is COc1cccc2cc(-c3nc(C4CCC(C(=O)NCCOCCOCCOCCOCCOCCOCCOCCOCCOCCNC(=O)OC5CCC(CC[C@@H]6CC[C@H](C)/C=C(\C)[C@@H](O)CC(=O)[C@H](C)C[C@H](C)/C=C/C=C/C=C(\C)[C@@H](OC)CC7CCCC(O7)C(=O)C(=O)N7CCCC[C@H]7C(=O)O6)CC5)CC4)n4ncnc(N)c34)[nH]c12. The number of piperidine rings is 1. The van der Waals surface area contributed by atoms with Gasteiger partial charge in [-0.05, 0) is 177 Å². The van der Waals surface area contributed by atoms with Gasteiger partial charge in [0.15, 0.2) is 5.82 Å². The summed E-state index contributed by atoms with van der Waals surface area (Å²) < 4.78 is 82.4. The van der Waals surface area contributed by atoms with Crippen molar-refractivity contribution in [1.82, 2.24) is 40.1 Å². The Labute approximate surface area is 702 Å². The van der Waals surface area contributed by atoms with E-state index in [0.29, 0.717) is 225 Å². The maximum absolute atomic E-state index is 14.4. The van der Waals surface area contributed by atoms with E-state index in [4.69, 9.17) is 77.0 Å². The lowest BCUT2D eigenvalue weighted by Crippen LogP contribution is -2.54. The number of methoxy groups -OCH3 is 2. The number of hydrogen-bond acceptors (Lipinski definition) is 25. The van der Waals surface area contributed by atoms with E-state index >= 15 is 0 Å². The highest BCUT2D eigenvalue weighted by Gasteiger charge is 2.42. The second kappa shape index (κ2) is 52.7. The number of aliphatic hydroxyl groups excluding tert-OH is 1. The van der Waals surface area contributed by atoms with E-state index in [1.54, 1.807) is 18.7 Å². The number of allylic oxidation sites excluding steroid dienone is 6. The van der Waals surface area contributed by atoms with Crippen LogP contribution < -0.4 is 21.1 Å². The largest absolute Gasteiger partial charge is 0.495 e. The summed E-state index contributed by atoms with van der Waals surface area (Å²) in [6.07, 6.45) is 23.3. The van der Waals surface area contributed by atoms with Gasteiger partial charge in [-0.2, -0.15) is 5.10 Å². The number of amides is 3. The fourth-order valence-electron chi connectivity index (χ4n) is 16.3. The number of Topliss-reactive ketones (excluding diaryl/α,β-unsaturated/α-hetero) is 2. The van der Waals surface area contributed by atoms with Crippen LogP contribution in [-0.2, 0) is 85.6 Å².